The summed E-state index contributed by atoms with van der Waals surface area (Å²) < 4.78 is 5.51. The summed E-state index contributed by atoms with van der Waals surface area (Å²) in [6, 6.07) is 9.43. The molecule has 3 rings (SSSR count). The second-order valence-electron chi connectivity index (χ2n) is 11.5. The van der Waals surface area contributed by atoms with E-state index in [0.717, 1.165) is 30.9 Å². The minimum atomic E-state index is -0.382. The fourth-order valence-electron chi connectivity index (χ4n) is 6.64. The largest absolute Gasteiger partial charge is 0.446 e. The van der Waals surface area contributed by atoms with Gasteiger partial charge in [0.25, 0.3) is 0 Å². The topological polar surface area (TPSA) is 38.3 Å². The molecule has 1 fully saturated rings. The molecule has 0 aromatic heterocycles. The van der Waals surface area contributed by atoms with E-state index in [-0.39, 0.29) is 12.2 Å². The van der Waals surface area contributed by atoms with Gasteiger partial charge in [-0.05, 0) is 101 Å². The standard InChI is InChI=1S/C30H45NO2/c1-22(12-10-13-24(3)33-28(32)31-25-14-8-7-9-15-25)16-18-26-23(2)17-19-27-29(4,5)20-11-21-30(26,27)6/h7-9,12,14-15,17,24,26-27H,10-11,13,16,18-21H2,1-6H3,(H,31,32)/t24-,26+,27-,30-/m1/s1. The van der Waals surface area contributed by atoms with Gasteiger partial charge in [0, 0.05) is 5.69 Å². The third kappa shape index (κ3) is 6.52. The quantitative estimate of drug-likeness (QED) is 0.401. The molecule has 1 aromatic rings. The molecule has 1 amide bonds. The molecular formula is C30H45NO2. The number of carbonyl (C=O) groups is 1. The third-order valence-electron chi connectivity index (χ3n) is 8.52. The smallest absolute Gasteiger partial charge is 0.411 e. The van der Waals surface area contributed by atoms with Crippen molar-refractivity contribution in [2.45, 2.75) is 99.0 Å². The molecule has 0 unspecified atom stereocenters. The Balaban J connectivity index is 1.46. The Kier molecular flexibility index (Phi) is 8.48. The highest BCUT2D eigenvalue weighted by Gasteiger charge is 2.51. The predicted octanol–water partition coefficient (Wildman–Crippen LogP) is 8.93. The molecule has 3 heteroatoms. The minimum Gasteiger partial charge on any atom is -0.446 e. The number of rotatable bonds is 8. The molecule has 0 heterocycles. The first kappa shape index (κ1) is 25.6. The zero-order chi connectivity index (χ0) is 24.1. The summed E-state index contributed by atoms with van der Waals surface area (Å²) in [5, 5.41) is 2.78. The summed E-state index contributed by atoms with van der Waals surface area (Å²) in [5.41, 5.74) is 4.73. The molecule has 0 bridgehead atoms. The molecule has 3 nitrogen and oxygen atoms in total. The summed E-state index contributed by atoms with van der Waals surface area (Å²) in [5.74, 6) is 1.50. The highest BCUT2D eigenvalue weighted by molar-refractivity contribution is 5.84. The van der Waals surface area contributed by atoms with Crippen LogP contribution in [0, 0.1) is 22.7 Å². The van der Waals surface area contributed by atoms with Crippen LogP contribution in [0.25, 0.3) is 0 Å². The van der Waals surface area contributed by atoms with Gasteiger partial charge < -0.3 is 4.74 Å². The zero-order valence-corrected chi connectivity index (χ0v) is 21.7. The van der Waals surface area contributed by atoms with Crippen LogP contribution in [0.3, 0.4) is 0 Å². The summed E-state index contributed by atoms with van der Waals surface area (Å²) in [4.78, 5) is 12.1. The van der Waals surface area contributed by atoms with Gasteiger partial charge in [0.15, 0.2) is 0 Å². The Morgan fingerprint density at radius 2 is 1.94 bits per heavy atom. The molecule has 33 heavy (non-hydrogen) atoms. The van der Waals surface area contributed by atoms with Crippen molar-refractivity contribution in [2.75, 3.05) is 5.32 Å². The number of fused-ring (bicyclic) bond motifs is 1. The van der Waals surface area contributed by atoms with Crippen LogP contribution in [-0.4, -0.2) is 12.2 Å². The fourth-order valence-corrected chi connectivity index (χ4v) is 6.64. The van der Waals surface area contributed by atoms with Crippen LogP contribution in [0.5, 0.6) is 0 Å². The van der Waals surface area contributed by atoms with Crippen molar-refractivity contribution < 1.29 is 9.53 Å². The van der Waals surface area contributed by atoms with E-state index in [9.17, 15) is 4.79 Å². The van der Waals surface area contributed by atoms with Crippen LogP contribution in [0.2, 0.25) is 0 Å². The maximum Gasteiger partial charge on any atom is 0.411 e. The number of carbonyl (C=O) groups excluding carboxylic acids is 1. The van der Waals surface area contributed by atoms with Crippen LogP contribution >= 0.6 is 0 Å². The molecule has 1 saturated carbocycles. The molecule has 0 spiro atoms. The van der Waals surface area contributed by atoms with Crippen molar-refractivity contribution in [2.24, 2.45) is 22.7 Å². The average Bonchev–Trinajstić information content (AvgIpc) is 2.73. The normalized spacial score (nSPS) is 27.8. The molecule has 2 aliphatic rings. The van der Waals surface area contributed by atoms with Crippen molar-refractivity contribution in [1.82, 2.24) is 0 Å². The van der Waals surface area contributed by atoms with Crippen molar-refractivity contribution in [3.63, 3.8) is 0 Å². The van der Waals surface area contributed by atoms with Crippen molar-refractivity contribution in [3.05, 3.63) is 53.6 Å². The van der Waals surface area contributed by atoms with Gasteiger partial charge in [-0.2, -0.15) is 0 Å². The molecule has 0 saturated heterocycles. The number of amides is 1. The van der Waals surface area contributed by atoms with E-state index in [2.05, 4.69) is 52.1 Å². The first-order chi connectivity index (χ1) is 15.6. The number of hydrogen-bond donors (Lipinski definition) is 1. The van der Waals surface area contributed by atoms with Gasteiger partial charge in [-0.25, -0.2) is 4.79 Å². The van der Waals surface area contributed by atoms with Gasteiger partial charge in [-0.3, -0.25) is 5.32 Å². The van der Waals surface area contributed by atoms with Gasteiger partial charge in [-0.15, -0.1) is 0 Å². The predicted molar refractivity (Wildman–Crippen MR) is 139 cm³/mol. The first-order valence-electron chi connectivity index (χ1n) is 13.0. The van der Waals surface area contributed by atoms with Gasteiger partial charge in [0.05, 0.1) is 0 Å². The van der Waals surface area contributed by atoms with E-state index >= 15 is 0 Å². The van der Waals surface area contributed by atoms with Crippen molar-refractivity contribution >= 4 is 11.8 Å². The lowest BCUT2D eigenvalue weighted by Gasteiger charge is -2.57. The Hall–Kier alpha value is -2.03. The molecule has 1 N–H and O–H groups in total. The Morgan fingerprint density at radius 3 is 2.67 bits per heavy atom. The van der Waals surface area contributed by atoms with Crippen LogP contribution in [0.1, 0.15) is 92.9 Å². The van der Waals surface area contributed by atoms with Crippen molar-refractivity contribution in [1.29, 1.82) is 0 Å². The number of nitrogens with one attached hydrogen (secondary N) is 1. The van der Waals surface area contributed by atoms with Gasteiger partial charge in [0.1, 0.15) is 6.10 Å². The molecule has 182 valence electrons. The van der Waals surface area contributed by atoms with E-state index < -0.39 is 0 Å². The van der Waals surface area contributed by atoms with Crippen LogP contribution in [-0.2, 0) is 4.74 Å². The van der Waals surface area contributed by atoms with Gasteiger partial charge in [-0.1, -0.05) is 68.7 Å². The minimum absolute atomic E-state index is 0.106. The van der Waals surface area contributed by atoms with E-state index in [1.165, 1.54) is 37.7 Å². The van der Waals surface area contributed by atoms with Crippen LogP contribution in [0.15, 0.2) is 53.6 Å². The lowest BCUT2D eigenvalue weighted by Crippen LogP contribution is -2.48. The van der Waals surface area contributed by atoms with Gasteiger partial charge in [0.2, 0.25) is 0 Å². The molecule has 1 aromatic carbocycles. The Labute approximate surface area is 202 Å². The zero-order valence-electron chi connectivity index (χ0n) is 21.7. The lowest BCUT2D eigenvalue weighted by molar-refractivity contribution is -0.0390. The van der Waals surface area contributed by atoms with E-state index in [0.29, 0.717) is 16.7 Å². The number of anilines is 1. The monoisotopic (exact) mass is 451 g/mol. The van der Waals surface area contributed by atoms with E-state index in [1.54, 1.807) is 5.57 Å². The molecule has 0 aliphatic heterocycles. The number of allylic oxidation sites excluding steroid dienone is 4. The Bertz CT molecular complexity index is 853. The van der Waals surface area contributed by atoms with Gasteiger partial charge >= 0.3 is 6.09 Å². The second-order valence-corrected chi connectivity index (χ2v) is 11.5. The van der Waals surface area contributed by atoms with E-state index in [1.807, 2.05) is 37.3 Å². The summed E-state index contributed by atoms with van der Waals surface area (Å²) >= 11 is 0. The maximum absolute atomic E-state index is 12.1. The van der Waals surface area contributed by atoms with Crippen LogP contribution < -0.4 is 5.32 Å². The Morgan fingerprint density at radius 1 is 1.21 bits per heavy atom. The van der Waals surface area contributed by atoms with Crippen molar-refractivity contribution in [3.8, 4) is 0 Å². The molecule has 0 radical (unpaired) electrons. The average molecular weight is 452 g/mol. The SMILES string of the molecule is CC(=CCC[C@@H](C)OC(=O)Nc1ccccc1)CC[C@H]1C(C)=CC[C@@H]2C(C)(C)CCC[C@@]21C. The lowest BCUT2D eigenvalue weighted by atomic mass is 9.48. The summed E-state index contributed by atoms with van der Waals surface area (Å²) in [6.07, 6.45) is 14.0. The summed E-state index contributed by atoms with van der Waals surface area (Å²) in [6.45, 7) is 14.2. The fraction of sp³-hybridized carbons (Fsp3) is 0.633. The highest BCUT2D eigenvalue weighted by atomic mass is 16.6. The number of benzene rings is 1. The molecular weight excluding hydrogens is 406 g/mol. The number of para-hydroxylation sites is 1. The van der Waals surface area contributed by atoms with E-state index in [4.69, 9.17) is 4.74 Å². The number of ether oxygens (including phenoxy) is 1. The van der Waals surface area contributed by atoms with Crippen LogP contribution in [0.4, 0.5) is 10.5 Å². The highest BCUT2D eigenvalue weighted by Crippen LogP contribution is 2.60. The summed E-state index contributed by atoms with van der Waals surface area (Å²) in [7, 11) is 0. The maximum atomic E-state index is 12.1. The molecule has 4 atom stereocenters. The molecule has 2 aliphatic carbocycles. The number of hydrogen-bond acceptors (Lipinski definition) is 2. The third-order valence-corrected chi connectivity index (χ3v) is 8.52. The second kappa shape index (κ2) is 10.9. The first-order valence-corrected chi connectivity index (χ1v) is 13.0.